The highest BCUT2D eigenvalue weighted by molar-refractivity contribution is 5.98. The van der Waals surface area contributed by atoms with E-state index in [-0.39, 0.29) is 11.9 Å². The molecule has 3 rings (SSSR count). The van der Waals surface area contributed by atoms with Gasteiger partial charge < -0.3 is 10.0 Å². The Labute approximate surface area is 101 Å². The summed E-state index contributed by atoms with van der Waals surface area (Å²) in [6.07, 6.45) is 1.63. The number of carbonyl (C=O) groups is 1. The van der Waals surface area contributed by atoms with E-state index in [4.69, 9.17) is 0 Å². The Morgan fingerprint density at radius 1 is 1.35 bits per heavy atom. The van der Waals surface area contributed by atoms with Gasteiger partial charge in [-0.25, -0.2) is 0 Å². The molecule has 0 bridgehead atoms. The maximum absolute atomic E-state index is 12.2. The summed E-state index contributed by atoms with van der Waals surface area (Å²) in [5.41, 5.74) is 2.10. The van der Waals surface area contributed by atoms with Crippen LogP contribution in [0.4, 0.5) is 0 Å². The van der Waals surface area contributed by atoms with Crippen molar-refractivity contribution in [3.8, 4) is 0 Å². The molecule has 1 aromatic rings. The van der Waals surface area contributed by atoms with Crippen LogP contribution in [0.25, 0.3) is 0 Å². The maximum atomic E-state index is 12.2. The average Bonchev–Trinajstić information content (AvgIpc) is 2.95. The van der Waals surface area contributed by atoms with E-state index in [1.54, 1.807) is 0 Å². The fourth-order valence-electron chi connectivity index (χ4n) is 2.44. The molecule has 17 heavy (non-hydrogen) atoms. The van der Waals surface area contributed by atoms with Crippen LogP contribution in [0.2, 0.25) is 0 Å². The third kappa shape index (κ3) is 1.57. The topological polar surface area (TPSA) is 40.5 Å². The zero-order valence-electron chi connectivity index (χ0n) is 10.2. The Morgan fingerprint density at radius 3 is 2.65 bits per heavy atom. The molecule has 3 heteroatoms. The molecule has 90 valence electrons. The number of rotatable bonds is 2. The van der Waals surface area contributed by atoms with E-state index in [1.807, 2.05) is 36.9 Å². The maximum Gasteiger partial charge on any atom is 0.254 e. The summed E-state index contributed by atoms with van der Waals surface area (Å²) in [6.45, 7) is 4.75. The molecular weight excluding hydrogens is 214 g/mol. The molecule has 0 saturated heterocycles. The highest BCUT2D eigenvalue weighted by Crippen LogP contribution is 2.46. The van der Waals surface area contributed by atoms with E-state index in [2.05, 4.69) is 0 Å². The van der Waals surface area contributed by atoms with Gasteiger partial charge in [0.15, 0.2) is 0 Å². The Kier molecular flexibility index (Phi) is 2.11. The van der Waals surface area contributed by atoms with Gasteiger partial charge in [-0.3, -0.25) is 4.79 Å². The first-order chi connectivity index (χ1) is 8.01. The molecule has 0 aromatic heterocycles. The molecule has 1 N–H and O–H groups in total. The van der Waals surface area contributed by atoms with Crippen LogP contribution in [0, 0.1) is 0 Å². The third-order valence-electron chi connectivity index (χ3n) is 3.83. The van der Waals surface area contributed by atoms with Gasteiger partial charge in [-0.1, -0.05) is 12.1 Å². The molecule has 1 saturated carbocycles. The van der Waals surface area contributed by atoms with Crippen LogP contribution in [0.5, 0.6) is 0 Å². The molecule has 0 atom stereocenters. The molecular formula is C14H17NO2. The minimum Gasteiger partial charge on any atom is -0.385 e. The summed E-state index contributed by atoms with van der Waals surface area (Å²) in [6, 6.07) is 6.05. The predicted octanol–water partition coefficient (Wildman–Crippen LogP) is 2.03. The number of hydrogen-bond acceptors (Lipinski definition) is 2. The van der Waals surface area contributed by atoms with Crippen LogP contribution in [-0.4, -0.2) is 22.0 Å². The van der Waals surface area contributed by atoms with E-state index in [0.29, 0.717) is 6.54 Å². The summed E-state index contributed by atoms with van der Waals surface area (Å²) < 4.78 is 0. The number of benzene rings is 1. The third-order valence-corrected chi connectivity index (χ3v) is 3.83. The Hall–Kier alpha value is -1.35. The molecule has 1 heterocycles. The van der Waals surface area contributed by atoms with E-state index < -0.39 is 5.60 Å². The number of amides is 1. The van der Waals surface area contributed by atoms with E-state index in [9.17, 15) is 9.90 Å². The van der Waals surface area contributed by atoms with Gasteiger partial charge in [0.05, 0.1) is 5.60 Å². The fraction of sp³-hybridized carbons (Fsp3) is 0.500. The van der Waals surface area contributed by atoms with Crippen molar-refractivity contribution in [2.24, 2.45) is 0 Å². The van der Waals surface area contributed by atoms with E-state index >= 15 is 0 Å². The lowest BCUT2D eigenvalue weighted by atomic mass is 10.0. The minimum absolute atomic E-state index is 0.0982. The summed E-state index contributed by atoms with van der Waals surface area (Å²) in [5.74, 6) is 0.0982. The zero-order valence-corrected chi connectivity index (χ0v) is 10.2. The highest BCUT2D eigenvalue weighted by atomic mass is 16.3. The quantitative estimate of drug-likeness (QED) is 0.846. The predicted molar refractivity (Wildman–Crippen MR) is 64.6 cm³/mol. The molecule has 0 radical (unpaired) electrons. The Bertz CT molecular complexity index is 489. The van der Waals surface area contributed by atoms with Gasteiger partial charge in [-0.05, 0) is 43.9 Å². The van der Waals surface area contributed by atoms with Crippen molar-refractivity contribution in [2.45, 2.75) is 44.9 Å². The van der Waals surface area contributed by atoms with Crippen LogP contribution < -0.4 is 0 Å². The largest absolute Gasteiger partial charge is 0.385 e. The number of aliphatic hydroxyl groups is 1. The van der Waals surface area contributed by atoms with Crippen LogP contribution in [0.15, 0.2) is 18.2 Å². The molecule has 1 aliphatic heterocycles. The zero-order chi connectivity index (χ0) is 12.2. The molecule has 2 aliphatic rings. The van der Waals surface area contributed by atoms with Gasteiger partial charge in [-0.15, -0.1) is 0 Å². The van der Waals surface area contributed by atoms with Crippen LogP contribution >= 0.6 is 0 Å². The van der Waals surface area contributed by atoms with Crippen LogP contribution in [0.1, 0.15) is 48.2 Å². The fourth-order valence-corrected chi connectivity index (χ4v) is 2.44. The van der Waals surface area contributed by atoms with Gasteiger partial charge in [-0.2, -0.15) is 0 Å². The van der Waals surface area contributed by atoms with Gasteiger partial charge in [0.2, 0.25) is 0 Å². The van der Waals surface area contributed by atoms with E-state index in [0.717, 1.165) is 29.5 Å². The van der Waals surface area contributed by atoms with Gasteiger partial charge in [0.25, 0.3) is 5.91 Å². The Balaban J connectivity index is 1.99. The van der Waals surface area contributed by atoms with Crippen LogP contribution in [-0.2, 0) is 12.1 Å². The summed E-state index contributed by atoms with van der Waals surface area (Å²) in [7, 11) is 0. The number of nitrogens with zero attached hydrogens (tertiary/aromatic N) is 1. The number of carbonyl (C=O) groups excluding carboxylic acids is 1. The van der Waals surface area contributed by atoms with Crippen molar-refractivity contribution < 1.29 is 9.90 Å². The molecule has 0 unspecified atom stereocenters. The molecule has 1 amide bonds. The smallest absolute Gasteiger partial charge is 0.254 e. The molecule has 1 aliphatic carbocycles. The second kappa shape index (κ2) is 3.33. The van der Waals surface area contributed by atoms with E-state index in [1.165, 1.54) is 0 Å². The number of fused-ring (bicyclic) bond motifs is 1. The molecule has 1 aromatic carbocycles. The monoisotopic (exact) mass is 231 g/mol. The second-order valence-corrected chi connectivity index (χ2v) is 5.43. The first kappa shape index (κ1) is 10.8. The lowest BCUT2D eigenvalue weighted by molar-refractivity contribution is 0.0730. The minimum atomic E-state index is -0.652. The van der Waals surface area contributed by atoms with Gasteiger partial charge in [0.1, 0.15) is 0 Å². The van der Waals surface area contributed by atoms with Crippen molar-refractivity contribution in [3.63, 3.8) is 0 Å². The van der Waals surface area contributed by atoms with Gasteiger partial charge in [0, 0.05) is 18.2 Å². The molecule has 3 nitrogen and oxygen atoms in total. The summed E-state index contributed by atoms with van der Waals surface area (Å²) in [5, 5.41) is 10.1. The van der Waals surface area contributed by atoms with Crippen molar-refractivity contribution in [1.29, 1.82) is 0 Å². The lowest BCUT2D eigenvalue weighted by Crippen LogP contribution is -2.30. The van der Waals surface area contributed by atoms with Crippen molar-refractivity contribution in [2.75, 3.05) is 0 Å². The van der Waals surface area contributed by atoms with Crippen molar-refractivity contribution in [1.82, 2.24) is 4.90 Å². The first-order valence-corrected chi connectivity index (χ1v) is 6.18. The lowest BCUT2D eigenvalue weighted by Gasteiger charge is -2.19. The van der Waals surface area contributed by atoms with Crippen LogP contribution in [0.3, 0.4) is 0 Å². The molecule has 0 spiro atoms. The molecule has 1 fully saturated rings. The number of hydrogen-bond donors (Lipinski definition) is 1. The van der Waals surface area contributed by atoms with Gasteiger partial charge >= 0.3 is 0 Å². The normalized spacial score (nSPS) is 20.9. The standard InChI is InChI=1S/C14H17NO2/c1-9(2)15-8-10-3-4-11(14(17)5-6-14)7-12(10)13(15)16/h3-4,7,9,17H,5-6,8H2,1-2H3. The SMILES string of the molecule is CC(C)N1Cc2ccc(C3(O)CC3)cc2C1=O. The van der Waals surface area contributed by atoms with Crippen molar-refractivity contribution in [3.05, 3.63) is 34.9 Å². The average molecular weight is 231 g/mol. The van der Waals surface area contributed by atoms with Crippen molar-refractivity contribution >= 4 is 5.91 Å². The highest BCUT2D eigenvalue weighted by Gasteiger charge is 2.43. The first-order valence-electron chi connectivity index (χ1n) is 6.18. The summed E-state index contributed by atoms with van der Waals surface area (Å²) >= 11 is 0. The second-order valence-electron chi connectivity index (χ2n) is 5.43. The Morgan fingerprint density at radius 2 is 2.06 bits per heavy atom. The summed E-state index contributed by atoms with van der Waals surface area (Å²) in [4.78, 5) is 14.0.